The minimum atomic E-state index is -4.56. The average molecular weight is 166 g/mol. The Morgan fingerprint density at radius 2 is 1.73 bits per heavy atom. The Bertz CT molecular complexity index is 197. The molecule has 0 unspecified atom stereocenters. The first-order chi connectivity index (χ1) is 4.88. The van der Waals surface area contributed by atoms with Crippen LogP contribution in [0.2, 0.25) is 0 Å². The number of alkyl halides is 3. The average Bonchev–Trinajstić information content (AvgIpc) is 1.79. The van der Waals surface area contributed by atoms with Gasteiger partial charge in [-0.15, -0.1) is 0 Å². The van der Waals surface area contributed by atoms with E-state index in [1.165, 1.54) is 0 Å². The van der Waals surface area contributed by atoms with Crippen molar-refractivity contribution in [1.29, 1.82) is 0 Å². The van der Waals surface area contributed by atoms with Crippen LogP contribution in [-0.2, 0) is 0 Å². The fraction of sp³-hybridized carbons (Fsp3) is 0.143. The quantitative estimate of drug-likeness (QED) is 0.436. The molecule has 62 valence electrons. The van der Waals surface area contributed by atoms with E-state index in [2.05, 4.69) is 13.2 Å². The predicted octanol–water partition coefficient (Wildman–Crippen LogP) is 3.14. The molecule has 0 fully saturated rings. The summed E-state index contributed by atoms with van der Waals surface area (Å²) in [5.74, 6) is -1.14. The number of halogens is 4. The molecule has 0 aliphatic heterocycles. The molecule has 11 heavy (non-hydrogen) atoms. The van der Waals surface area contributed by atoms with Crippen LogP contribution in [0.1, 0.15) is 0 Å². The summed E-state index contributed by atoms with van der Waals surface area (Å²) in [6.07, 6.45) is -3.74. The number of hydrogen-bond acceptors (Lipinski definition) is 0. The van der Waals surface area contributed by atoms with Gasteiger partial charge in [0.05, 0.1) is 5.57 Å². The zero-order valence-corrected chi connectivity index (χ0v) is 5.58. The van der Waals surface area contributed by atoms with Crippen molar-refractivity contribution in [2.24, 2.45) is 0 Å². The van der Waals surface area contributed by atoms with Crippen molar-refractivity contribution in [2.75, 3.05) is 0 Å². The summed E-state index contributed by atoms with van der Waals surface area (Å²) >= 11 is 0. The van der Waals surface area contributed by atoms with Gasteiger partial charge in [0, 0.05) is 0 Å². The van der Waals surface area contributed by atoms with Crippen LogP contribution < -0.4 is 0 Å². The van der Waals surface area contributed by atoms with Crippen molar-refractivity contribution in [3.05, 3.63) is 36.7 Å². The van der Waals surface area contributed by atoms with Gasteiger partial charge >= 0.3 is 6.18 Å². The Labute approximate surface area is 61.5 Å². The normalized spacial score (nSPS) is 12.9. The fourth-order valence-corrected chi connectivity index (χ4v) is 0.425. The summed E-state index contributed by atoms with van der Waals surface area (Å²) < 4.78 is 47.1. The second-order valence-corrected chi connectivity index (χ2v) is 1.75. The third-order valence-corrected chi connectivity index (χ3v) is 0.859. The number of hydrogen-bond donors (Lipinski definition) is 0. The molecule has 4 heteroatoms. The van der Waals surface area contributed by atoms with E-state index < -0.39 is 17.6 Å². The molecule has 0 aromatic rings. The molecule has 0 aliphatic rings. The maximum absolute atomic E-state index is 11.9. The van der Waals surface area contributed by atoms with Crippen molar-refractivity contribution in [3.8, 4) is 0 Å². The molecule has 0 aliphatic carbocycles. The Kier molecular flexibility index (Phi) is 3.04. The highest BCUT2D eigenvalue weighted by molar-refractivity contribution is 5.27. The van der Waals surface area contributed by atoms with E-state index in [1.807, 2.05) is 0 Å². The Hall–Kier alpha value is -1.06. The maximum Gasteiger partial charge on any atom is 0.416 e. The monoisotopic (exact) mass is 166 g/mol. The molecule has 0 spiro atoms. The van der Waals surface area contributed by atoms with E-state index in [9.17, 15) is 17.6 Å². The van der Waals surface area contributed by atoms with Gasteiger partial charge in [-0.1, -0.05) is 19.2 Å². The van der Waals surface area contributed by atoms with Crippen LogP contribution in [0.5, 0.6) is 0 Å². The van der Waals surface area contributed by atoms with Gasteiger partial charge < -0.3 is 0 Å². The molecule has 0 saturated heterocycles. The largest absolute Gasteiger partial charge is 0.416 e. The highest BCUT2D eigenvalue weighted by Crippen LogP contribution is 2.27. The number of allylic oxidation sites excluding steroid dienone is 4. The van der Waals surface area contributed by atoms with Crippen molar-refractivity contribution < 1.29 is 17.6 Å². The minimum absolute atomic E-state index is 0.285. The van der Waals surface area contributed by atoms with E-state index in [-0.39, 0.29) is 6.08 Å². The summed E-state index contributed by atoms with van der Waals surface area (Å²) in [5, 5.41) is 0. The van der Waals surface area contributed by atoms with Gasteiger partial charge in [0.15, 0.2) is 0 Å². The van der Waals surface area contributed by atoms with E-state index in [0.29, 0.717) is 6.08 Å². The van der Waals surface area contributed by atoms with E-state index in [4.69, 9.17) is 0 Å². The minimum Gasteiger partial charge on any atom is -0.208 e. The summed E-state index contributed by atoms with van der Waals surface area (Å²) in [7, 11) is 0. The van der Waals surface area contributed by atoms with Crippen molar-refractivity contribution in [3.63, 3.8) is 0 Å². The zero-order chi connectivity index (χ0) is 9.07. The van der Waals surface area contributed by atoms with Crippen LogP contribution in [0.15, 0.2) is 36.7 Å². The Morgan fingerprint density at radius 3 is 1.82 bits per heavy atom. The zero-order valence-electron chi connectivity index (χ0n) is 5.58. The smallest absolute Gasteiger partial charge is 0.208 e. The van der Waals surface area contributed by atoms with Crippen LogP contribution in [0.25, 0.3) is 0 Å². The first-order valence-electron chi connectivity index (χ1n) is 2.63. The molecule has 0 bridgehead atoms. The van der Waals surface area contributed by atoms with Crippen LogP contribution in [0, 0.1) is 0 Å². The second-order valence-electron chi connectivity index (χ2n) is 1.75. The highest BCUT2D eigenvalue weighted by atomic mass is 19.4. The van der Waals surface area contributed by atoms with Gasteiger partial charge in [-0.25, -0.2) is 4.39 Å². The standard InChI is InChI=1S/C7H6F4/c1-3-6(4-5(2)8)7(9,10)11/h3-4H,1-2H2/b6-4+. The first-order valence-corrected chi connectivity index (χ1v) is 2.63. The van der Waals surface area contributed by atoms with Crippen LogP contribution in [0.4, 0.5) is 17.6 Å². The molecule has 0 aromatic heterocycles. The van der Waals surface area contributed by atoms with Gasteiger partial charge in [-0.05, 0) is 6.08 Å². The molecular formula is C7H6F4. The van der Waals surface area contributed by atoms with Crippen LogP contribution in [-0.4, -0.2) is 6.18 Å². The van der Waals surface area contributed by atoms with Crippen LogP contribution >= 0.6 is 0 Å². The first kappa shape index (κ1) is 9.94. The molecule has 0 heterocycles. The van der Waals surface area contributed by atoms with Gasteiger partial charge in [0.1, 0.15) is 5.83 Å². The lowest BCUT2D eigenvalue weighted by atomic mass is 10.2. The van der Waals surface area contributed by atoms with Crippen LogP contribution in [0.3, 0.4) is 0 Å². The molecular weight excluding hydrogens is 160 g/mol. The SMILES string of the molecule is C=C/C(=C\C(=C)F)C(F)(F)F. The van der Waals surface area contributed by atoms with Crippen molar-refractivity contribution >= 4 is 0 Å². The molecule has 0 saturated carbocycles. The lowest BCUT2D eigenvalue weighted by Crippen LogP contribution is -2.09. The third kappa shape index (κ3) is 3.60. The lowest BCUT2D eigenvalue weighted by Gasteiger charge is -2.05. The number of rotatable bonds is 2. The van der Waals surface area contributed by atoms with Crippen molar-refractivity contribution in [2.45, 2.75) is 6.18 Å². The van der Waals surface area contributed by atoms with Gasteiger partial charge in [0.25, 0.3) is 0 Å². The third-order valence-electron chi connectivity index (χ3n) is 0.859. The molecule has 0 radical (unpaired) electrons. The fourth-order valence-electron chi connectivity index (χ4n) is 0.425. The van der Waals surface area contributed by atoms with Gasteiger partial charge in [-0.3, -0.25) is 0 Å². The van der Waals surface area contributed by atoms with E-state index >= 15 is 0 Å². The van der Waals surface area contributed by atoms with Crippen molar-refractivity contribution in [1.82, 2.24) is 0 Å². The summed E-state index contributed by atoms with van der Waals surface area (Å²) in [5.41, 5.74) is -1.13. The molecule has 0 nitrogen and oxygen atoms in total. The highest BCUT2D eigenvalue weighted by Gasteiger charge is 2.31. The van der Waals surface area contributed by atoms with Gasteiger partial charge in [0.2, 0.25) is 0 Å². The van der Waals surface area contributed by atoms with Gasteiger partial charge in [-0.2, -0.15) is 13.2 Å². The molecule has 0 rings (SSSR count). The Morgan fingerprint density at radius 1 is 1.27 bits per heavy atom. The summed E-state index contributed by atoms with van der Waals surface area (Å²) in [4.78, 5) is 0. The molecule has 0 atom stereocenters. The summed E-state index contributed by atoms with van der Waals surface area (Å²) in [6.45, 7) is 5.55. The second kappa shape index (κ2) is 3.37. The molecule has 0 amide bonds. The van der Waals surface area contributed by atoms with E-state index in [1.54, 1.807) is 0 Å². The summed E-state index contributed by atoms with van der Waals surface area (Å²) in [6, 6.07) is 0. The molecule has 0 aromatic carbocycles. The van der Waals surface area contributed by atoms with E-state index in [0.717, 1.165) is 0 Å². The molecule has 0 N–H and O–H groups in total. The maximum atomic E-state index is 11.9. The topological polar surface area (TPSA) is 0 Å². The lowest BCUT2D eigenvalue weighted by molar-refractivity contribution is -0.0882. The predicted molar refractivity (Wildman–Crippen MR) is 34.6 cm³/mol. The Balaban J connectivity index is 4.68.